The fourth-order valence-corrected chi connectivity index (χ4v) is 1.89. The molecule has 0 radical (unpaired) electrons. The summed E-state index contributed by atoms with van der Waals surface area (Å²) in [6, 6.07) is 10.4. The summed E-state index contributed by atoms with van der Waals surface area (Å²) in [7, 11) is 0. The average Bonchev–Trinajstić information content (AvgIpc) is 2.29. The molecular formula is C15H25NO. The fourth-order valence-electron chi connectivity index (χ4n) is 1.89. The Morgan fingerprint density at radius 1 is 1.12 bits per heavy atom. The van der Waals surface area contributed by atoms with Gasteiger partial charge in [-0.05, 0) is 24.8 Å². The molecule has 0 saturated carbocycles. The van der Waals surface area contributed by atoms with E-state index in [-0.39, 0.29) is 0 Å². The highest BCUT2D eigenvalue weighted by atomic mass is 16.5. The number of hydrogen-bond donors (Lipinski definition) is 1. The van der Waals surface area contributed by atoms with Gasteiger partial charge in [-0.3, -0.25) is 0 Å². The molecule has 0 saturated heterocycles. The molecule has 2 nitrogen and oxygen atoms in total. The maximum Gasteiger partial charge on any atom is 0.0594 e. The van der Waals surface area contributed by atoms with Crippen LogP contribution in [-0.2, 0) is 11.3 Å². The van der Waals surface area contributed by atoms with E-state index in [1.807, 2.05) is 6.07 Å². The Bertz CT molecular complexity index is 284. The molecule has 0 amide bonds. The van der Waals surface area contributed by atoms with Crippen molar-refractivity contribution >= 4 is 0 Å². The Hall–Kier alpha value is -0.860. The first-order chi connectivity index (χ1) is 8.18. The van der Waals surface area contributed by atoms with Gasteiger partial charge in [-0.15, -0.1) is 0 Å². The van der Waals surface area contributed by atoms with Gasteiger partial charge in [0.1, 0.15) is 0 Å². The second-order valence-corrected chi connectivity index (χ2v) is 4.97. The molecule has 1 rings (SSSR count). The number of hydrogen-bond acceptors (Lipinski definition) is 2. The molecule has 2 heteroatoms. The minimum absolute atomic E-state index is 0.369. The Morgan fingerprint density at radius 3 is 2.47 bits per heavy atom. The van der Waals surface area contributed by atoms with Crippen LogP contribution in [0.4, 0.5) is 0 Å². The third-order valence-corrected chi connectivity index (χ3v) is 2.66. The van der Waals surface area contributed by atoms with E-state index in [0.717, 1.165) is 26.1 Å². The van der Waals surface area contributed by atoms with Crippen LogP contribution in [0.5, 0.6) is 0 Å². The lowest BCUT2D eigenvalue weighted by Crippen LogP contribution is -2.22. The Balaban J connectivity index is 2.01. The predicted molar refractivity (Wildman–Crippen MR) is 73.0 cm³/mol. The summed E-state index contributed by atoms with van der Waals surface area (Å²) in [6.07, 6.45) is 1.51. The molecule has 17 heavy (non-hydrogen) atoms. The third kappa shape index (κ3) is 7.14. The van der Waals surface area contributed by atoms with E-state index in [9.17, 15) is 0 Å². The van der Waals surface area contributed by atoms with Gasteiger partial charge in [0.2, 0.25) is 0 Å². The molecule has 96 valence electrons. The molecule has 1 aromatic carbocycles. The molecular weight excluding hydrogens is 210 g/mol. The lowest BCUT2D eigenvalue weighted by atomic mass is 10.1. The van der Waals surface area contributed by atoms with Gasteiger partial charge in [0.15, 0.2) is 0 Å². The van der Waals surface area contributed by atoms with Crippen LogP contribution in [0.15, 0.2) is 30.3 Å². The normalized spacial score (nSPS) is 12.9. The molecule has 0 heterocycles. The zero-order valence-electron chi connectivity index (χ0n) is 11.3. The first-order valence-electron chi connectivity index (χ1n) is 6.54. The number of rotatable bonds is 8. The van der Waals surface area contributed by atoms with E-state index in [0.29, 0.717) is 12.0 Å². The summed E-state index contributed by atoms with van der Waals surface area (Å²) < 4.78 is 5.73. The van der Waals surface area contributed by atoms with Crippen molar-refractivity contribution in [1.29, 1.82) is 0 Å². The monoisotopic (exact) mass is 235 g/mol. The Kier molecular flexibility index (Phi) is 6.90. The quantitative estimate of drug-likeness (QED) is 0.699. The van der Waals surface area contributed by atoms with Crippen molar-refractivity contribution in [2.75, 3.05) is 13.2 Å². The molecule has 1 aromatic rings. The maximum atomic E-state index is 5.73. The van der Waals surface area contributed by atoms with Gasteiger partial charge in [0, 0.05) is 13.1 Å². The lowest BCUT2D eigenvalue weighted by Gasteiger charge is -2.15. The van der Waals surface area contributed by atoms with Crippen molar-refractivity contribution in [3.05, 3.63) is 35.9 Å². The zero-order valence-corrected chi connectivity index (χ0v) is 11.3. The van der Waals surface area contributed by atoms with E-state index < -0.39 is 0 Å². The van der Waals surface area contributed by atoms with Crippen LogP contribution in [0.2, 0.25) is 0 Å². The summed E-state index contributed by atoms with van der Waals surface area (Å²) in [5.41, 5.74) is 1.32. The van der Waals surface area contributed by atoms with Crippen molar-refractivity contribution in [3.63, 3.8) is 0 Å². The van der Waals surface area contributed by atoms with E-state index in [1.165, 1.54) is 5.56 Å². The molecule has 0 bridgehead atoms. The maximum absolute atomic E-state index is 5.73. The number of benzene rings is 1. The lowest BCUT2D eigenvalue weighted by molar-refractivity contribution is 0.0538. The molecule has 1 N–H and O–H groups in total. The zero-order chi connectivity index (χ0) is 12.5. The largest absolute Gasteiger partial charge is 0.377 e. The summed E-state index contributed by atoms with van der Waals surface area (Å²) in [5.74, 6) is 0.710. The molecule has 0 aliphatic rings. The minimum atomic E-state index is 0.369. The van der Waals surface area contributed by atoms with Crippen LogP contribution in [0.3, 0.4) is 0 Å². The van der Waals surface area contributed by atoms with Crippen LogP contribution in [0.1, 0.15) is 32.8 Å². The first kappa shape index (κ1) is 14.2. The molecule has 0 fully saturated rings. The van der Waals surface area contributed by atoms with Gasteiger partial charge in [-0.1, -0.05) is 44.2 Å². The van der Waals surface area contributed by atoms with Gasteiger partial charge in [0.05, 0.1) is 12.7 Å². The van der Waals surface area contributed by atoms with Crippen LogP contribution in [0, 0.1) is 5.92 Å². The van der Waals surface area contributed by atoms with Crippen LogP contribution in [0.25, 0.3) is 0 Å². The average molecular weight is 235 g/mol. The van der Waals surface area contributed by atoms with Gasteiger partial charge in [0.25, 0.3) is 0 Å². The summed E-state index contributed by atoms with van der Waals surface area (Å²) in [6.45, 7) is 9.24. The first-order valence-corrected chi connectivity index (χ1v) is 6.54. The van der Waals surface area contributed by atoms with Gasteiger partial charge >= 0.3 is 0 Å². The van der Waals surface area contributed by atoms with Gasteiger partial charge in [-0.25, -0.2) is 0 Å². The topological polar surface area (TPSA) is 21.3 Å². The summed E-state index contributed by atoms with van der Waals surface area (Å²) in [5, 5.41) is 3.39. The SMILES string of the molecule is CC(C)CC(C)OCCNCc1ccccc1. The molecule has 0 aliphatic carbocycles. The second-order valence-electron chi connectivity index (χ2n) is 4.97. The highest BCUT2D eigenvalue weighted by Crippen LogP contribution is 2.06. The molecule has 1 atom stereocenters. The van der Waals surface area contributed by atoms with Crippen molar-refractivity contribution in [2.24, 2.45) is 5.92 Å². The summed E-state index contributed by atoms with van der Waals surface area (Å²) >= 11 is 0. The van der Waals surface area contributed by atoms with E-state index in [2.05, 4.69) is 50.4 Å². The van der Waals surface area contributed by atoms with Crippen LogP contribution < -0.4 is 5.32 Å². The Morgan fingerprint density at radius 2 is 1.82 bits per heavy atom. The highest BCUT2D eigenvalue weighted by Gasteiger charge is 2.04. The van der Waals surface area contributed by atoms with Gasteiger partial charge < -0.3 is 10.1 Å². The number of ether oxygens (including phenoxy) is 1. The summed E-state index contributed by atoms with van der Waals surface area (Å²) in [4.78, 5) is 0. The van der Waals surface area contributed by atoms with E-state index in [1.54, 1.807) is 0 Å². The predicted octanol–water partition coefficient (Wildman–Crippen LogP) is 3.23. The van der Waals surface area contributed by atoms with Gasteiger partial charge in [-0.2, -0.15) is 0 Å². The molecule has 0 spiro atoms. The van der Waals surface area contributed by atoms with E-state index in [4.69, 9.17) is 4.74 Å². The van der Waals surface area contributed by atoms with Crippen molar-refractivity contribution in [1.82, 2.24) is 5.32 Å². The Labute approximate surface area is 105 Å². The highest BCUT2D eigenvalue weighted by molar-refractivity contribution is 5.14. The number of nitrogens with one attached hydrogen (secondary N) is 1. The van der Waals surface area contributed by atoms with Crippen molar-refractivity contribution < 1.29 is 4.74 Å². The van der Waals surface area contributed by atoms with Crippen molar-refractivity contribution in [2.45, 2.75) is 39.8 Å². The second kappa shape index (κ2) is 8.26. The molecule has 0 aliphatic heterocycles. The fraction of sp³-hybridized carbons (Fsp3) is 0.600. The minimum Gasteiger partial charge on any atom is -0.377 e. The smallest absolute Gasteiger partial charge is 0.0594 e. The van der Waals surface area contributed by atoms with Crippen LogP contribution in [-0.4, -0.2) is 19.3 Å². The molecule has 1 unspecified atom stereocenters. The van der Waals surface area contributed by atoms with E-state index >= 15 is 0 Å². The molecule has 0 aromatic heterocycles. The third-order valence-electron chi connectivity index (χ3n) is 2.66. The van der Waals surface area contributed by atoms with Crippen molar-refractivity contribution in [3.8, 4) is 0 Å². The standard InChI is InChI=1S/C15H25NO/c1-13(2)11-14(3)17-10-9-16-12-15-7-5-4-6-8-15/h4-8,13-14,16H,9-12H2,1-3H3. The van der Waals surface area contributed by atoms with Crippen LogP contribution >= 0.6 is 0 Å².